The fourth-order valence-electron chi connectivity index (χ4n) is 3.13. The predicted molar refractivity (Wildman–Crippen MR) is 93.9 cm³/mol. The van der Waals surface area contributed by atoms with Gasteiger partial charge in [0.1, 0.15) is 23.6 Å². The lowest BCUT2D eigenvalue weighted by Crippen LogP contribution is -2.21. The van der Waals surface area contributed by atoms with Crippen molar-refractivity contribution in [3.8, 4) is 0 Å². The second kappa shape index (κ2) is 6.36. The number of nitrogens with two attached hydrogens (primary N) is 1. The zero-order valence-electron chi connectivity index (χ0n) is 13.9. The van der Waals surface area contributed by atoms with Crippen molar-refractivity contribution in [3.05, 3.63) is 47.4 Å². The summed E-state index contributed by atoms with van der Waals surface area (Å²) in [6, 6.07) is 2.07. The van der Waals surface area contributed by atoms with Crippen LogP contribution < -0.4 is 11.1 Å². The summed E-state index contributed by atoms with van der Waals surface area (Å²) in [5, 5.41) is 3.64. The molecule has 1 aliphatic rings. The highest BCUT2D eigenvalue weighted by Crippen LogP contribution is 2.30. The van der Waals surface area contributed by atoms with Crippen LogP contribution in [0.15, 0.2) is 24.7 Å². The third-order valence-electron chi connectivity index (χ3n) is 4.85. The van der Waals surface area contributed by atoms with Crippen molar-refractivity contribution in [2.75, 3.05) is 17.6 Å². The number of nitrogens with one attached hydrogen (secondary N) is 2. The van der Waals surface area contributed by atoms with Gasteiger partial charge in [-0.3, -0.25) is 4.79 Å². The van der Waals surface area contributed by atoms with Crippen molar-refractivity contribution in [2.45, 2.75) is 19.3 Å². The minimum Gasteiger partial charge on any atom is -0.396 e. The molecule has 134 valence electrons. The first-order valence-electron chi connectivity index (χ1n) is 8.40. The van der Waals surface area contributed by atoms with E-state index in [0.29, 0.717) is 22.8 Å². The summed E-state index contributed by atoms with van der Waals surface area (Å²) >= 11 is 0. The molecule has 1 aliphatic carbocycles. The van der Waals surface area contributed by atoms with Gasteiger partial charge in [-0.05, 0) is 30.9 Å². The number of carbonyl (C=O) groups excluding carboxylic acids is 1. The van der Waals surface area contributed by atoms with E-state index in [1.54, 1.807) is 0 Å². The van der Waals surface area contributed by atoms with Gasteiger partial charge in [0.15, 0.2) is 5.82 Å². The number of hydrogen-bond acceptors (Lipinski definition) is 5. The standard InChI is InChI=1S/C18H17F2N5O/c19-11-4-5-12(21)15(20)14(11)16(26)10-7-23-18-13(10)17(24-8-25-18)22-6-9-2-1-3-9/h4-5,7-9H,1-3,6,21H2,(H2,22,23,24,25). The number of benzene rings is 1. The normalized spacial score (nSPS) is 14.4. The van der Waals surface area contributed by atoms with E-state index >= 15 is 0 Å². The van der Waals surface area contributed by atoms with Gasteiger partial charge in [-0.25, -0.2) is 18.7 Å². The Balaban J connectivity index is 1.77. The van der Waals surface area contributed by atoms with Crippen molar-refractivity contribution in [1.82, 2.24) is 15.0 Å². The maximum Gasteiger partial charge on any atom is 0.201 e. The third-order valence-corrected chi connectivity index (χ3v) is 4.85. The molecule has 4 rings (SSSR count). The average molecular weight is 357 g/mol. The van der Waals surface area contributed by atoms with Crippen molar-refractivity contribution >= 4 is 28.3 Å². The number of aromatic amines is 1. The second-order valence-corrected chi connectivity index (χ2v) is 6.48. The van der Waals surface area contributed by atoms with E-state index in [0.717, 1.165) is 31.5 Å². The molecule has 2 heterocycles. The smallest absolute Gasteiger partial charge is 0.201 e. The molecule has 0 aliphatic heterocycles. The highest BCUT2D eigenvalue weighted by Gasteiger charge is 2.25. The minimum atomic E-state index is -1.06. The number of ketones is 1. The number of fused-ring (bicyclic) bond motifs is 1. The molecular weight excluding hydrogens is 340 g/mol. The highest BCUT2D eigenvalue weighted by molar-refractivity contribution is 6.18. The lowest BCUT2D eigenvalue weighted by atomic mass is 9.85. The van der Waals surface area contributed by atoms with E-state index in [1.165, 1.54) is 18.9 Å². The summed E-state index contributed by atoms with van der Waals surface area (Å²) in [6.07, 6.45) is 6.28. The van der Waals surface area contributed by atoms with Crippen molar-refractivity contribution in [3.63, 3.8) is 0 Å². The topological polar surface area (TPSA) is 96.7 Å². The number of nitrogen functional groups attached to an aromatic ring is 1. The maximum absolute atomic E-state index is 14.3. The number of aromatic nitrogens is 3. The molecule has 4 N–H and O–H groups in total. The van der Waals surface area contributed by atoms with E-state index in [9.17, 15) is 13.6 Å². The van der Waals surface area contributed by atoms with E-state index in [-0.39, 0.29) is 11.3 Å². The molecule has 2 aromatic heterocycles. The van der Waals surface area contributed by atoms with Gasteiger partial charge in [0.2, 0.25) is 5.78 Å². The molecular formula is C18H17F2N5O. The van der Waals surface area contributed by atoms with Crippen molar-refractivity contribution in [2.24, 2.45) is 5.92 Å². The number of rotatable bonds is 5. The quantitative estimate of drug-likeness (QED) is 0.481. The predicted octanol–water partition coefficient (Wildman–Crippen LogP) is 3.26. The van der Waals surface area contributed by atoms with Crippen LogP contribution in [0.2, 0.25) is 0 Å². The van der Waals surface area contributed by atoms with Gasteiger partial charge in [0.25, 0.3) is 0 Å². The minimum absolute atomic E-state index is 0.0973. The Bertz CT molecular complexity index is 997. The van der Waals surface area contributed by atoms with Crippen molar-refractivity contribution in [1.29, 1.82) is 0 Å². The molecule has 0 radical (unpaired) electrons. The summed E-state index contributed by atoms with van der Waals surface area (Å²) in [5.41, 5.74) is 5.04. The molecule has 8 heteroatoms. The average Bonchev–Trinajstić information content (AvgIpc) is 3.02. The Morgan fingerprint density at radius 2 is 2.12 bits per heavy atom. The molecule has 0 amide bonds. The van der Waals surface area contributed by atoms with Crippen LogP contribution in [0.1, 0.15) is 35.2 Å². The Kier molecular flexibility index (Phi) is 4.02. The number of nitrogens with zero attached hydrogens (tertiary/aromatic N) is 2. The molecule has 1 saturated carbocycles. The van der Waals surface area contributed by atoms with Gasteiger partial charge in [-0.15, -0.1) is 0 Å². The zero-order valence-corrected chi connectivity index (χ0v) is 13.9. The Hall–Kier alpha value is -3.03. The number of anilines is 2. The van der Waals surface area contributed by atoms with Crippen LogP contribution in [0.5, 0.6) is 0 Å². The number of carbonyl (C=O) groups is 1. The van der Waals surface area contributed by atoms with Crippen LogP contribution in [0.4, 0.5) is 20.3 Å². The van der Waals surface area contributed by atoms with Crippen LogP contribution in [-0.4, -0.2) is 27.3 Å². The summed E-state index contributed by atoms with van der Waals surface area (Å²) < 4.78 is 28.4. The maximum atomic E-state index is 14.3. The molecule has 26 heavy (non-hydrogen) atoms. The van der Waals surface area contributed by atoms with Gasteiger partial charge >= 0.3 is 0 Å². The monoisotopic (exact) mass is 357 g/mol. The largest absolute Gasteiger partial charge is 0.396 e. The second-order valence-electron chi connectivity index (χ2n) is 6.48. The van der Waals surface area contributed by atoms with Gasteiger partial charge in [0.05, 0.1) is 22.2 Å². The Morgan fingerprint density at radius 3 is 2.85 bits per heavy atom. The first-order chi connectivity index (χ1) is 12.6. The number of halogens is 2. The molecule has 0 bridgehead atoms. The first kappa shape index (κ1) is 16.4. The van der Waals surface area contributed by atoms with Gasteiger partial charge in [-0.1, -0.05) is 6.42 Å². The van der Waals surface area contributed by atoms with Gasteiger partial charge < -0.3 is 16.0 Å². The summed E-state index contributed by atoms with van der Waals surface area (Å²) in [4.78, 5) is 24.0. The first-order valence-corrected chi connectivity index (χ1v) is 8.40. The lowest BCUT2D eigenvalue weighted by molar-refractivity contribution is 0.103. The van der Waals surface area contributed by atoms with Gasteiger partial charge in [0, 0.05) is 12.7 Å². The van der Waals surface area contributed by atoms with Crippen molar-refractivity contribution < 1.29 is 13.6 Å². The third kappa shape index (κ3) is 2.67. The zero-order chi connectivity index (χ0) is 18.3. The Labute approximate surface area is 147 Å². The molecule has 1 aromatic carbocycles. The van der Waals surface area contributed by atoms with Crippen LogP contribution in [0, 0.1) is 17.6 Å². The van der Waals surface area contributed by atoms with Gasteiger partial charge in [-0.2, -0.15) is 0 Å². The van der Waals surface area contributed by atoms with E-state index in [4.69, 9.17) is 5.73 Å². The highest BCUT2D eigenvalue weighted by atomic mass is 19.1. The number of hydrogen-bond donors (Lipinski definition) is 3. The summed E-state index contributed by atoms with van der Waals surface area (Å²) in [7, 11) is 0. The molecule has 1 fully saturated rings. The molecule has 0 unspecified atom stereocenters. The number of H-pyrrole nitrogens is 1. The summed E-state index contributed by atoms with van der Waals surface area (Å²) in [5.74, 6) is -1.79. The lowest BCUT2D eigenvalue weighted by Gasteiger charge is -2.25. The molecule has 6 nitrogen and oxygen atoms in total. The SMILES string of the molecule is Nc1ccc(F)c(C(=O)c2c[nH]c3ncnc(NCC4CCC4)c23)c1F. The van der Waals surface area contributed by atoms with Crippen LogP contribution >= 0.6 is 0 Å². The van der Waals surface area contributed by atoms with Crippen LogP contribution in [0.25, 0.3) is 11.0 Å². The Morgan fingerprint density at radius 1 is 1.31 bits per heavy atom. The molecule has 0 spiro atoms. The summed E-state index contributed by atoms with van der Waals surface area (Å²) in [6.45, 7) is 0.728. The molecule has 0 saturated heterocycles. The molecule has 3 aromatic rings. The fraction of sp³-hybridized carbons (Fsp3) is 0.278. The molecule has 0 atom stereocenters. The van der Waals surface area contributed by atoms with E-state index in [2.05, 4.69) is 20.3 Å². The van der Waals surface area contributed by atoms with E-state index in [1.807, 2.05) is 0 Å². The van der Waals surface area contributed by atoms with Crippen LogP contribution in [0.3, 0.4) is 0 Å². The van der Waals surface area contributed by atoms with Crippen LogP contribution in [-0.2, 0) is 0 Å². The van der Waals surface area contributed by atoms with E-state index < -0.39 is 23.0 Å². The fourth-order valence-corrected chi connectivity index (χ4v) is 3.13.